The van der Waals surface area contributed by atoms with Crippen LogP contribution in [0.5, 0.6) is 0 Å². The highest BCUT2D eigenvalue weighted by molar-refractivity contribution is 9.12. The molecule has 0 aliphatic heterocycles. The molecule has 3 rings (SSSR count). The fraction of sp³-hybridized carbons (Fsp3) is 0.0625. The van der Waals surface area contributed by atoms with Crippen LogP contribution in [0.2, 0.25) is 0 Å². The lowest BCUT2D eigenvalue weighted by Gasteiger charge is -2.07. The number of hydrogen-bond acceptors (Lipinski definition) is 1. The Balaban J connectivity index is 1.95. The Hall–Kier alpha value is 0.530. The zero-order valence-corrected chi connectivity index (χ0v) is 21.3. The van der Waals surface area contributed by atoms with Crippen molar-refractivity contribution in [3.63, 3.8) is 0 Å². The summed E-state index contributed by atoms with van der Waals surface area (Å²) < 4.78 is 6.05. The van der Waals surface area contributed by atoms with Crippen LogP contribution in [-0.4, -0.2) is 9.97 Å². The molecular weight excluding hydrogens is 700 g/mol. The molecule has 0 aliphatic rings. The Labute approximate surface area is 190 Å². The summed E-state index contributed by atoms with van der Waals surface area (Å²) in [7, 11) is 0. The van der Waals surface area contributed by atoms with E-state index in [1.807, 2.05) is 30.5 Å². The Bertz CT molecular complexity index is 873. The highest BCUT2D eigenvalue weighted by Crippen LogP contribution is 2.37. The Morgan fingerprint density at radius 2 is 1.25 bits per heavy atom. The molecule has 0 saturated heterocycles. The van der Waals surface area contributed by atoms with E-state index < -0.39 is 0 Å². The van der Waals surface area contributed by atoms with E-state index in [1.165, 1.54) is 0 Å². The lowest BCUT2D eigenvalue weighted by atomic mass is 10.1. The maximum Gasteiger partial charge on any atom is 0.111 e. The van der Waals surface area contributed by atoms with Gasteiger partial charge in [0.1, 0.15) is 5.82 Å². The van der Waals surface area contributed by atoms with Gasteiger partial charge in [0, 0.05) is 45.0 Å². The lowest BCUT2D eigenvalue weighted by Crippen LogP contribution is -1.94. The summed E-state index contributed by atoms with van der Waals surface area (Å²) >= 11 is 21.4. The number of rotatable bonds is 3. The average Bonchev–Trinajstić information content (AvgIpc) is 2.90. The predicted molar refractivity (Wildman–Crippen MR) is 119 cm³/mol. The lowest BCUT2D eigenvalue weighted by molar-refractivity contribution is 1.01. The van der Waals surface area contributed by atoms with Crippen LogP contribution in [0.15, 0.2) is 57.3 Å². The quantitative estimate of drug-likeness (QED) is 0.292. The standard InChI is InChI=1S/C16H8Br6N2/c17-7-1-10(19)9(11(20)2-7)5-15-23-6-14(24-15)16-12(21)3-8(18)4-13(16)22/h1-4,6H,5H2,(H,23,24). The molecule has 0 unspecified atom stereocenters. The van der Waals surface area contributed by atoms with E-state index in [2.05, 4.69) is 101 Å². The van der Waals surface area contributed by atoms with Crippen molar-refractivity contribution in [2.75, 3.05) is 0 Å². The second kappa shape index (κ2) is 8.05. The van der Waals surface area contributed by atoms with Crippen LogP contribution in [-0.2, 0) is 6.42 Å². The molecule has 0 radical (unpaired) electrons. The first-order valence-corrected chi connectivity index (χ1v) is 11.4. The predicted octanol–water partition coefficient (Wildman–Crippen LogP) is 8.24. The number of nitrogens with zero attached hydrogens (tertiary/aromatic N) is 1. The van der Waals surface area contributed by atoms with Gasteiger partial charge in [-0.25, -0.2) is 4.98 Å². The van der Waals surface area contributed by atoms with Crippen molar-refractivity contribution in [1.82, 2.24) is 9.97 Å². The summed E-state index contributed by atoms with van der Waals surface area (Å²) in [4.78, 5) is 8.02. The van der Waals surface area contributed by atoms with Crippen molar-refractivity contribution in [1.29, 1.82) is 0 Å². The molecule has 0 saturated carbocycles. The van der Waals surface area contributed by atoms with Crippen molar-refractivity contribution < 1.29 is 0 Å². The van der Waals surface area contributed by atoms with Crippen LogP contribution in [0.25, 0.3) is 11.3 Å². The van der Waals surface area contributed by atoms with Gasteiger partial charge in [-0.15, -0.1) is 0 Å². The summed E-state index contributed by atoms with van der Waals surface area (Å²) in [6.07, 6.45) is 2.62. The minimum Gasteiger partial charge on any atom is -0.348 e. The number of imidazole rings is 1. The second-order valence-electron chi connectivity index (χ2n) is 5.00. The van der Waals surface area contributed by atoms with Crippen LogP contribution in [0.3, 0.4) is 0 Å². The van der Waals surface area contributed by atoms with Gasteiger partial charge in [-0.1, -0.05) is 95.6 Å². The summed E-state index contributed by atoms with van der Waals surface area (Å²) in [6.45, 7) is 0. The van der Waals surface area contributed by atoms with Crippen molar-refractivity contribution in [2.24, 2.45) is 0 Å². The monoisotopic (exact) mass is 702 g/mol. The minimum absolute atomic E-state index is 0.695. The summed E-state index contributed by atoms with van der Waals surface area (Å²) in [6, 6.07) is 8.09. The fourth-order valence-electron chi connectivity index (χ4n) is 2.28. The maximum absolute atomic E-state index is 4.75. The molecule has 0 aliphatic carbocycles. The van der Waals surface area contributed by atoms with Gasteiger partial charge >= 0.3 is 0 Å². The molecule has 0 spiro atoms. The van der Waals surface area contributed by atoms with E-state index in [4.69, 9.17) is 4.98 Å². The van der Waals surface area contributed by atoms with Gasteiger partial charge in [0.25, 0.3) is 0 Å². The molecule has 24 heavy (non-hydrogen) atoms. The third kappa shape index (κ3) is 4.26. The van der Waals surface area contributed by atoms with Crippen LogP contribution in [0.1, 0.15) is 11.4 Å². The topological polar surface area (TPSA) is 28.7 Å². The smallest absolute Gasteiger partial charge is 0.111 e. The highest BCUT2D eigenvalue weighted by atomic mass is 79.9. The molecule has 1 aromatic heterocycles. The molecule has 0 bridgehead atoms. The number of aromatic nitrogens is 2. The van der Waals surface area contributed by atoms with Gasteiger partial charge < -0.3 is 4.98 Å². The zero-order valence-electron chi connectivity index (χ0n) is 11.8. The number of benzene rings is 2. The highest BCUT2D eigenvalue weighted by Gasteiger charge is 2.14. The maximum atomic E-state index is 4.75. The molecule has 124 valence electrons. The van der Waals surface area contributed by atoms with Crippen LogP contribution < -0.4 is 0 Å². The van der Waals surface area contributed by atoms with E-state index in [0.717, 1.165) is 49.5 Å². The van der Waals surface area contributed by atoms with E-state index in [9.17, 15) is 0 Å². The largest absolute Gasteiger partial charge is 0.348 e. The van der Waals surface area contributed by atoms with Gasteiger partial charge in [-0.05, 0) is 29.8 Å². The average molecular weight is 708 g/mol. The molecule has 0 amide bonds. The third-order valence-electron chi connectivity index (χ3n) is 3.34. The molecule has 0 atom stereocenters. The molecule has 2 nitrogen and oxygen atoms in total. The van der Waals surface area contributed by atoms with Crippen molar-refractivity contribution in [3.8, 4) is 11.3 Å². The van der Waals surface area contributed by atoms with Crippen LogP contribution in [0, 0.1) is 0 Å². The number of halogens is 6. The number of H-pyrrole nitrogens is 1. The van der Waals surface area contributed by atoms with Crippen molar-refractivity contribution >= 4 is 95.6 Å². The van der Waals surface area contributed by atoms with Crippen molar-refractivity contribution in [2.45, 2.75) is 6.42 Å². The molecule has 8 heteroatoms. The second-order valence-corrected chi connectivity index (χ2v) is 10.3. The van der Waals surface area contributed by atoms with E-state index >= 15 is 0 Å². The first-order valence-electron chi connectivity index (χ1n) is 6.67. The molecule has 0 fully saturated rings. The van der Waals surface area contributed by atoms with Gasteiger partial charge in [0.2, 0.25) is 0 Å². The van der Waals surface area contributed by atoms with Gasteiger partial charge in [0.15, 0.2) is 0 Å². The number of hydrogen-bond donors (Lipinski definition) is 1. The normalized spacial score (nSPS) is 11.1. The minimum atomic E-state index is 0.695. The molecule has 3 aromatic rings. The van der Waals surface area contributed by atoms with Crippen LogP contribution in [0.4, 0.5) is 0 Å². The van der Waals surface area contributed by atoms with Crippen LogP contribution >= 0.6 is 95.6 Å². The number of aromatic amines is 1. The zero-order chi connectivity index (χ0) is 17.4. The van der Waals surface area contributed by atoms with E-state index in [1.54, 1.807) is 0 Å². The van der Waals surface area contributed by atoms with Gasteiger partial charge in [-0.3, -0.25) is 0 Å². The fourth-order valence-corrected chi connectivity index (χ4v) is 7.48. The Kier molecular flexibility index (Phi) is 6.47. The summed E-state index contributed by atoms with van der Waals surface area (Å²) in [5.74, 6) is 0.899. The molecule has 1 N–H and O–H groups in total. The first-order chi connectivity index (χ1) is 11.3. The summed E-state index contributed by atoms with van der Waals surface area (Å²) in [5.41, 5.74) is 3.06. The van der Waals surface area contributed by atoms with E-state index in [0.29, 0.717) is 6.42 Å². The SMILES string of the molecule is Brc1cc(Br)c(Cc2nc(-c3c(Br)cc(Br)cc3Br)c[nH]2)c(Br)c1. The van der Waals surface area contributed by atoms with Gasteiger partial charge in [0.05, 0.1) is 5.69 Å². The number of nitrogens with one attached hydrogen (secondary N) is 1. The molecule has 1 heterocycles. The van der Waals surface area contributed by atoms with Crippen molar-refractivity contribution in [3.05, 3.63) is 68.7 Å². The Morgan fingerprint density at radius 3 is 1.79 bits per heavy atom. The molecular formula is C16H8Br6N2. The third-order valence-corrected chi connectivity index (χ3v) is 6.93. The molecule has 2 aromatic carbocycles. The van der Waals surface area contributed by atoms with E-state index in [-0.39, 0.29) is 0 Å². The van der Waals surface area contributed by atoms with Gasteiger partial charge in [-0.2, -0.15) is 0 Å². The first kappa shape index (κ1) is 19.3. The Morgan fingerprint density at radius 1 is 0.750 bits per heavy atom. The summed E-state index contributed by atoms with van der Waals surface area (Å²) in [5, 5.41) is 0.